The van der Waals surface area contributed by atoms with Crippen molar-refractivity contribution in [3.63, 3.8) is 0 Å². The lowest BCUT2D eigenvalue weighted by Gasteiger charge is -2.34. The smallest absolute Gasteiger partial charge is 0.416 e. The summed E-state index contributed by atoms with van der Waals surface area (Å²) in [5.41, 5.74) is 0.0243. The lowest BCUT2D eigenvalue weighted by atomic mass is 10.1. The number of piperazine rings is 1. The van der Waals surface area contributed by atoms with E-state index in [9.17, 15) is 17.6 Å². The first-order valence-electron chi connectivity index (χ1n) is 9.06. The maximum atomic E-state index is 12.9. The van der Waals surface area contributed by atoms with Crippen molar-refractivity contribution in [2.24, 2.45) is 0 Å². The Hall–Kier alpha value is -1.99. The highest BCUT2D eigenvalue weighted by Gasteiger charge is 2.31. The number of rotatable bonds is 6. The molecule has 1 saturated heterocycles. The van der Waals surface area contributed by atoms with Crippen LogP contribution in [0.2, 0.25) is 0 Å². The van der Waals surface area contributed by atoms with Gasteiger partial charge in [0.1, 0.15) is 11.6 Å². The standard InChI is InChI=1S/C20H22F4N2O.ClH/c21-17-5-7-19(8-6-17)27-14-2-9-25-10-12-26(13-11-25)18-4-1-3-16(15-18)20(22,23)24;/h1,3-8,15H,2,9-14H2;1H. The molecule has 1 heterocycles. The molecule has 1 aliphatic heterocycles. The van der Waals surface area contributed by atoms with Crippen molar-refractivity contribution in [1.29, 1.82) is 0 Å². The van der Waals surface area contributed by atoms with Gasteiger partial charge in [0, 0.05) is 12.1 Å². The van der Waals surface area contributed by atoms with E-state index >= 15 is 0 Å². The van der Waals surface area contributed by atoms with Crippen molar-refractivity contribution in [1.82, 2.24) is 0 Å². The predicted octanol–water partition coefficient (Wildman–Crippen LogP) is 0.0225. The molecule has 0 aromatic heterocycles. The Balaban J connectivity index is 0.00000280. The zero-order chi connectivity index (χ0) is 19.3. The van der Waals surface area contributed by atoms with E-state index in [0.29, 0.717) is 18.0 Å². The summed E-state index contributed by atoms with van der Waals surface area (Å²) in [6.07, 6.45) is -3.44. The van der Waals surface area contributed by atoms with Crippen LogP contribution in [0.5, 0.6) is 5.75 Å². The molecule has 0 saturated carbocycles. The molecule has 28 heavy (non-hydrogen) atoms. The van der Waals surface area contributed by atoms with Crippen LogP contribution in [-0.2, 0) is 6.18 Å². The van der Waals surface area contributed by atoms with Gasteiger partial charge in [-0.25, -0.2) is 4.39 Å². The second-order valence-electron chi connectivity index (χ2n) is 6.69. The number of anilines is 1. The predicted molar refractivity (Wildman–Crippen MR) is 95.7 cm³/mol. The molecule has 8 heteroatoms. The number of ether oxygens (including phenoxy) is 1. The van der Waals surface area contributed by atoms with Gasteiger partial charge >= 0.3 is 6.18 Å². The molecule has 3 nitrogen and oxygen atoms in total. The van der Waals surface area contributed by atoms with E-state index in [0.717, 1.165) is 45.2 Å². The van der Waals surface area contributed by atoms with Crippen molar-refractivity contribution >= 4 is 5.69 Å². The molecule has 3 rings (SSSR count). The Bertz CT molecular complexity index is 732. The summed E-state index contributed by atoms with van der Waals surface area (Å²) in [7, 11) is 0. The number of halogens is 5. The van der Waals surface area contributed by atoms with Crippen molar-refractivity contribution in [2.75, 3.05) is 44.2 Å². The molecule has 2 aromatic carbocycles. The zero-order valence-corrected chi connectivity index (χ0v) is 16.1. The van der Waals surface area contributed by atoms with Gasteiger partial charge in [0.2, 0.25) is 0 Å². The topological polar surface area (TPSA) is 16.9 Å². The van der Waals surface area contributed by atoms with Crippen LogP contribution in [0.3, 0.4) is 0 Å². The fourth-order valence-corrected chi connectivity index (χ4v) is 3.25. The van der Waals surface area contributed by atoms with Gasteiger partial charge in [0.05, 0.1) is 44.9 Å². The first-order valence-corrected chi connectivity index (χ1v) is 9.06. The molecule has 0 amide bonds. The van der Waals surface area contributed by atoms with E-state index in [2.05, 4.69) is 0 Å². The maximum Gasteiger partial charge on any atom is 0.416 e. The van der Waals surface area contributed by atoms with Crippen LogP contribution in [-0.4, -0.2) is 39.3 Å². The second kappa shape index (κ2) is 9.98. The third-order valence-corrected chi connectivity index (χ3v) is 4.77. The summed E-state index contributed by atoms with van der Waals surface area (Å²) in [5, 5.41) is 0. The third-order valence-electron chi connectivity index (χ3n) is 4.77. The van der Waals surface area contributed by atoms with Crippen molar-refractivity contribution in [2.45, 2.75) is 12.6 Å². The van der Waals surface area contributed by atoms with Crippen LogP contribution in [0.1, 0.15) is 12.0 Å². The van der Waals surface area contributed by atoms with E-state index < -0.39 is 11.7 Å². The molecular weight excluding hydrogens is 396 g/mol. The summed E-state index contributed by atoms with van der Waals surface area (Å²) >= 11 is 0. The monoisotopic (exact) mass is 418 g/mol. The summed E-state index contributed by atoms with van der Waals surface area (Å²) < 4.78 is 57.0. The van der Waals surface area contributed by atoms with Gasteiger partial charge in [0.15, 0.2) is 0 Å². The number of hydrogen-bond donors (Lipinski definition) is 1. The fraction of sp³-hybridized carbons (Fsp3) is 0.400. The number of nitrogens with zero attached hydrogens (tertiary/aromatic N) is 1. The van der Waals surface area contributed by atoms with E-state index in [1.807, 2.05) is 4.90 Å². The zero-order valence-electron chi connectivity index (χ0n) is 15.3. The van der Waals surface area contributed by atoms with Gasteiger partial charge in [-0.15, -0.1) is 0 Å². The Labute approximate surface area is 168 Å². The van der Waals surface area contributed by atoms with E-state index in [-0.39, 0.29) is 18.2 Å². The van der Waals surface area contributed by atoms with Crippen LogP contribution in [0.15, 0.2) is 48.5 Å². The van der Waals surface area contributed by atoms with Gasteiger partial charge in [0.25, 0.3) is 0 Å². The van der Waals surface area contributed by atoms with Crippen LogP contribution in [0, 0.1) is 5.82 Å². The van der Waals surface area contributed by atoms with Gasteiger partial charge in [-0.2, -0.15) is 13.2 Å². The lowest BCUT2D eigenvalue weighted by Crippen LogP contribution is -3.14. The van der Waals surface area contributed by atoms with Crippen molar-refractivity contribution in [3.05, 3.63) is 59.9 Å². The van der Waals surface area contributed by atoms with Gasteiger partial charge in [-0.3, -0.25) is 0 Å². The Morgan fingerprint density at radius 2 is 1.68 bits per heavy atom. The quantitative estimate of drug-likeness (QED) is 0.526. The number of alkyl halides is 3. The molecule has 1 N–H and O–H groups in total. The normalized spacial score (nSPS) is 15.2. The third kappa shape index (κ3) is 6.27. The molecule has 0 aliphatic carbocycles. The first kappa shape index (κ1) is 22.3. The molecule has 0 bridgehead atoms. The number of benzene rings is 2. The Morgan fingerprint density at radius 3 is 2.32 bits per heavy atom. The highest BCUT2D eigenvalue weighted by Crippen LogP contribution is 2.31. The first-order chi connectivity index (χ1) is 12.9. The van der Waals surface area contributed by atoms with Crippen LogP contribution in [0.25, 0.3) is 0 Å². The highest BCUT2D eigenvalue weighted by molar-refractivity contribution is 5.49. The largest absolute Gasteiger partial charge is 1.00 e. The average molecular weight is 419 g/mol. The molecule has 1 aliphatic rings. The fourth-order valence-electron chi connectivity index (χ4n) is 3.25. The van der Waals surface area contributed by atoms with Crippen LogP contribution < -0.4 is 26.9 Å². The minimum Gasteiger partial charge on any atom is -1.00 e. The summed E-state index contributed by atoms with van der Waals surface area (Å²) in [6, 6.07) is 11.5. The molecule has 154 valence electrons. The number of nitrogens with one attached hydrogen (secondary N) is 1. The molecule has 2 aromatic rings. The molecule has 1 fully saturated rings. The summed E-state index contributed by atoms with van der Waals surface area (Å²) in [4.78, 5) is 3.43. The number of quaternary nitrogens is 1. The van der Waals surface area contributed by atoms with Crippen LogP contribution >= 0.6 is 0 Å². The molecular formula is C20H23ClF4N2O. The molecule has 0 atom stereocenters. The average Bonchev–Trinajstić information content (AvgIpc) is 2.67. The molecule has 0 unspecified atom stereocenters. The minimum atomic E-state index is -4.31. The molecule has 0 radical (unpaired) electrons. The second-order valence-corrected chi connectivity index (χ2v) is 6.69. The van der Waals surface area contributed by atoms with Crippen LogP contribution in [0.4, 0.5) is 23.2 Å². The van der Waals surface area contributed by atoms with E-state index in [4.69, 9.17) is 4.74 Å². The SMILES string of the molecule is Fc1ccc(OCCC[NH+]2CCN(c3cccc(C(F)(F)F)c3)CC2)cc1.[Cl-]. The maximum absolute atomic E-state index is 12.9. The van der Waals surface area contributed by atoms with Gasteiger partial charge < -0.3 is 26.9 Å². The Kier molecular flexibility index (Phi) is 7.95. The minimum absolute atomic E-state index is 0. The summed E-state index contributed by atoms with van der Waals surface area (Å²) in [6.45, 7) is 4.73. The molecule has 0 spiro atoms. The lowest BCUT2D eigenvalue weighted by molar-refractivity contribution is -0.900. The van der Waals surface area contributed by atoms with Crippen molar-refractivity contribution < 1.29 is 39.6 Å². The van der Waals surface area contributed by atoms with E-state index in [1.54, 1.807) is 18.2 Å². The Morgan fingerprint density at radius 1 is 1.00 bits per heavy atom. The number of hydrogen-bond acceptors (Lipinski definition) is 2. The van der Waals surface area contributed by atoms with Crippen molar-refractivity contribution in [3.8, 4) is 5.75 Å². The summed E-state index contributed by atoms with van der Waals surface area (Å²) in [5.74, 6) is 0.367. The van der Waals surface area contributed by atoms with E-state index in [1.165, 1.54) is 29.2 Å². The van der Waals surface area contributed by atoms with Gasteiger partial charge in [-0.05, 0) is 42.5 Å². The van der Waals surface area contributed by atoms with Gasteiger partial charge in [-0.1, -0.05) is 6.07 Å². The highest BCUT2D eigenvalue weighted by atomic mass is 35.5.